The monoisotopic (exact) mass is 248 g/mol. The van der Waals surface area contributed by atoms with Crippen LogP contribution in [0.2, 0.25) is 0 Å². The lowest BCUT2D eigenvalue weighted by molar-refractivity contribution is 0.199. The van der Waals surface area contributed by atoms with Gasteiger partial charge >= 0.3 is 0 Å². The Kier molecular flexibility index (Phi) is 16.5. The number of hydrogen-bond donors (Lipinski definition) is 0. The molecule has 0 aliphatic heterocycles. The summed E-state index contributed by atoms with van der Waals surface area (Å²) in [5.74, 6) is 0. The first-order chi connectivity index (χ1) is 8.71. The van der Waals surface area contributed by atoms with Crippen molar-refractivity contribution in [2.24, 2.45) is 0 Å². The zero-order valence-corrected chi connectivity index (χ0v) is 12.4. The van der Waals surface area contributed by atoms with E-state index in [1.54, 1.807) is 7.11 Å². The third kappa shape index (κ3) is 11.2. The molecule has 1 heteroatoms. The Balaban J connectivity index is 0. The van der Waals surface area contributed by atoms with E-state index in [9.17, 15) is 0 Å². The Labute approximate surface area is 113 Å². The van der Waals surface area contributed by atoms with E-state index in [4.69, 9.17) is 4.74 Å². The molecule has 0 heterocycles. The second kappa shape index (κ2) is 15.7. The van der Waals surface area contributed by atoms with Crippen molar-refractivity contribution in [2.75, 3.05) is 13.7 Å². The third-order valence-electron chi connectivity index (χ3n) is 1.84. The number of methoxy groups -OCH3 is 1. The summed E-state index contributed by atoms with van der Waals surface area (Å²) >= 11 is 0. The maximum absolute atomic E-state index is 4.69. The van der Waals surface area contributed by atoms with Crippen molar-refractivity contribution in [3.8, 4) is 0 Å². The van der Waals surface area contributed by atoms with Crippen molar-refractivity contribution in [2.45, 2.75) is 33.6 Å². The summed E-state index contributed by atoms with van der Waals surface area (Å²) in [5.41, 5.74) is 2.27. The zero-order valence-electron chi connectivity index (χ0n) is 12.4. The molecule has 0 unspecified atom stereocenters. The van der Waals surface area contributed by atoms with E-state index in [0.717, 1.165) is 24.2 Å². The van der Waals surface area contributed by atoms with E-state index in [1.165, 1.54) is 6.42 Å². The van der Waals surface area contributed by atoms with E-state index in [1.807, 2.05) is 36.4 Å². The Morgan fingerprint density at radius 2 is 1.39 bits per heavy atom. The van der Waals surface area contributed by atoms with Crippen LogP contribution in [-0.4, -0.2) is 13.7 Å². The molecule has 1 rings (SSSR count). The maximum atomic E-state index is 4.69. The van der Waals surface area contributed by atoms with Crippen LogP contribution in [0.4, 0.5) is 0 Å². The molecule has 1 aromatic carbocycles. The van der Waals surface area contributed by atoms with Crippen LogP contribution in [0, 0.1) is 0 Å². The van der Waals surface area contributed by atoms with Gasteiger partial charge in [-0.25, -0.2) is 0 Å². The minimum Gasteiger partial charge on any atom is -0.385 e. The minimum atomic E-state index is 0.889. The van der Waals surface area contributed by atoms with Crippen LogP contribution < -0.4 is 0 Å². The lowest BCUT2D eigenvalue weighted by atomic mass is 10.1. The van der Waals surface area contributed by atoms with Gasteiger partial charge in [-0.15, -0.1) is 0 Å². The molecule has 0 aliphatic rings. The second-order valence-corrected chi connectivity index (χ2v) is 3.74. The van der Waals surface area contributed by atoms with Gasteiger partial charge < -0.3 is 4.74 Å². The summed E-state index contributed by atoms with van der Waals surface area (Å²) in [6.07, 6.45) is 6.03. The second-order valence-electron chi connectivity index (χ2n) is 3.74. The van der Waals surface area contributed by atoms with E-state index in [2.05, 4.69) is 33.9 Å². The summed E-state index contributed by atoms with van der Waals surface area (Å²) in [6, 6.07) is 8.02. The molecular formula is C17H28O. The molecule has 1 aromatic rings. The van der Waals surface area contributed by atoms with Crippen LogP contribution in [-0.2, 0) is 4.74 Å². The fraction of sp³-hybridized carbons (Fsp3) is 0.412. The third-order valence-corrected chi connectivity index (χ3v) is 1.84. The lowest BCUT2D eigenvalue weighted by Crippen LogP contribution is -1.80. The first-order valence-corrected chi connectivity index (χ1v) is 6.54. The normalized spacial score (nSPS) is 8.22. The molecule has 0 aromatic heterocycles. The Morgan fingerprint density at radius 3 is 1.56 bits per heavy atom. The average Bonchev–Trinajstić information content (AvgIpc) is 2.41. The molecule has 0 radical (unpaired) electrons. The first-order valence-electron chi connectivity index (χ1n) is 6.54. The molecule has 0 N–H and O–H groups in total. The highest BCUT2D eigenvalue weighted by Gasteiger charge is 1.89. The van der Waals surface area contributed by atoms with Crippen LogP contribution >= 0.6 is 0 Å². The molecule has 0 spiro atoms. The van der Waals surface area contributed by atoms with Gasteiger partial charge in [-0.05, 0) is 17.5 Å². The van der Waals surface area contributed by atoms with E-state index >= 15 is 0 Å². The standard InChI is InChI=1S/C10H10.C4H10O.C3H8/c1-3-9-7-5-6-8-10(9)4-2;1-3-4-5-2;1-3-2/h3-8H,1-2H2;3-4H2,1-2H3;3H2,1-2H3. The molecular weight excluding hydrogens is 220 g/mol. The average molecular weight is 248 g/mol. The van der Waals surface area contributed by atoms with Gasteiger partial charge in [0, 0.05) is 13.7 Å². The molecule has 0 atom stereocenters. The zero-order chi connectivity index (χ0) is 14.2. The molecule has 0 saturated carbocycles. The van der Waals surface area contributed by atoms with E-state index < -0.39 is 0 Å². The van der Waals surface area contributed by atoms with Gasteiger partial charge in [0.05, 0.1) is 0 Å². The van der Waals surface area contributed by atoms with Crippen molar-refractivity contribution in [1.82, 2.24) is 0 Å². The van der Waals surface area contributed by atoms with Crippen molar-refractivity contribution in [3.05, 3.63) is 48.6 Å². The van der Waals surface area contributed by atoms with Gasteiger partial charge in [0.2, 0.25) is 0 Å². The first kappa shape index (κ1) is 19.0. The predicted molar refractivity (Wildman–Crippen MR) is 84.8 cm³/mol. The topological polar surface area (TPSA) is 9.23 Å². The van der Waals surface area contributed by atoms with Gasteiger partial charge in [0.1, 0.15) is 0 Å². The van der Waals surface area contributed by atoms with Gasteiger partial charge in [-0.1, -0.05) is 76.8 Å². The van der Waals surface area contributed by atoms with Crippen LogP contribution in [0.3, 0.4) is 0 Å². The van der Waals surface area contributed by atoms with Crippen LogP contribution in [0.15, 0.2) is 37.4 Å². The predicted octanol–water partition coefficient (Wildman–Crippen LogP) is 5.43. The Morgan fingerprint density at radius 1 is 1.00 bits per heavy atom. The summed E-state index contributed by atoms with van der Waals surface area (Å²) < 4.78 is 4.69. The molecule has 0 aliphatic carbocycles. The SMILES string of the molecule is C=Cc1ccccc1C=C.CCC.CCCOC. The van der Waals surface area contributed by atoms with Crippen LogP contribution in [0.5, 0.6) is 0 Å². The van der Waals surface area contributed by atoms with Crippen LogP contribution in [0.1, 0.15) is 44.7 Å². The van der Waals surface area contributed by atoms with E-state index in [0.29, 0.717) is 0 Å². The minimum absolute atomic E-state index is 0.889. The van der Waals surface area contributed by atoms with Gasteiger partial charge in [0.15, 0.2) is 0 Å². The summed E-state index contributed by atoms with van der Waals surface area (Å²) in [6.45, 7) is 14.6. The molecule has 18 heavy (non-hydrogen) atoms. The maximum Gasteiger partial charge on any atom is 0.0459 e. The summed E-state index contributed by atoms with van der Waals surface area (Å²) in [5, 5.41) is 0. The van der Waals surface area contributed by atoms with E-state index in [-0.39, 0.29) is 0 Å². The Bertz CT molecular complexity index is 273. The smallest absolute Gasteiger partial charge is 0.0459 e. The summed E-state index contributed by atoms with van der Waals surface area (Å²) in [4.78, 5) is 0. The molecule has 0 bridgehead atoms. The number of benzene rings is 1. The van der Waals surface area contributed by atoms with Crippen molar-refractivity contribution in [3.63, 3.8) is 0 Å². The molecule has 1 nitrogen and oxygen atoms in total. The highest BCUT2D eigenvalue weighted by Crippen LogP contribution is 2.10. The Hall–Kier alpha value is -1.34. The van der Waals surface area contributed by atoms with Crippen LogP contribution in [0.25, 0.3) is 12.2 Å². The van der Waals surface area contributed by atoms with Gasteiger partial charge in [-0.3, -0.25) is 0 Å². The fourth-order valence-electron chi connectivity index (χ4n) is 1.09. The summed E-state index contributed by atoms with van der Waals surface area (Å²) in [7, 11) is 1.71. The number of hydrogen-bond acceptors (Lipinski definition) is 1. The van der Waals surface area contributed by atoms with Crippen molar-refractivity contribution >= 4 is 12.2 Å². The number of rotatable bonds is 4. The lowest BCUT2D eigenvalue weighted by Gasteiger charge is -1.96. The molecule has 0 saturated heterocycles. The number of ether oxygens (including phenoxy) is 1. The highest BCUT2D eigenvalue weighted by molar-refractivity contribution is 5.63. The highest BCUT2D eigenvalue weighted by atomic mass is 16.5. The molecule has 0 fully saturated rings. The fourth-order valence-corrected chi connectivity index (χ4v) is 1.09. The quantitative estimate of drug-likeness (QED) is 0.690. The van der Waals surface area contributed by atoms with Gasteiger partial charge in [0.25, 0.3) is 0 Å². The van der Waals surface area contributed by atoms with Crippen molar-refractivity contribution in [1.29, 1.82) is 0 Å². The van der Waals surface area contributed by atoms with Gasteiger partial charge in [-0.2, -0.15) is 0 Å². The molecule has 0 amide bonds. The van der Waals surface area contributed by atoms with Crippen molar-refractivity contribution < 1.29 is 4.74 Å². The largest absolute Gasteiger partial charge is 0.385 e. The molecule has 102 valence electrons.